The number of ketones is 1. The predicted molar refractivity (Wildman–Crippen MR) is 146 cm³/mol. The molecule has 0 saturated carbocycles. The molecule has 2 aliphatic heterocycles. The highest BCUT2D eigenvalue weighted by atomic mass is 35.5. The lowest BCUT2D eigenvalue weighted by molar-refractivity contribution is -0.132. The Morgan fingerprint density at radius 3 is 2.38 bits per heavy atom. The molecular formula is C31H30ClNO4. The summed E-state index contributed by atoms with van der Waals surface area (Å²) in [5.41, 5.74) is 4.65. The van der Waals surface area contributed by atoms with Crippen LogP contribution in [0.2, 0.25) is 5.02 Å². The number of aliphatic hydroxyl groups excluding tert-OH is 1. The quantitative estimate of drug-likeness (QED) is 0.234. The molecule has 0 spiro atoms. The Balaban J connectivity index is 1.70. The van der Waals surface area contributed by atoms with Crippen molar-refractivity contribution >= 4 is 34.7 Å². The van der Waals surface area contributed by atoms with Gasteiger partial charge in [-0.3, -0.25) is 14.5 Å². The van der Waals surface area contributed by atoms with Gasteiger partial charge >= 0.3 is 0 Å². The summed E-state index contributed by atoms with van der Waals surface area (Å²) in [6, 6.07) is 17.7. The second kappa shape index (κ2) is 9.07. The fourth-order valence-electron chi connectivity index (χ4n) is 5.18. The van der Waals surface area contributed by atoms with E-state index in [2.05, 4.69) is 20.8 Å². The van der Waals surface area contributed by atoms with Gasteiger partial charge in [0.05, 0.1) is 11.6 Å². The first kappa shape index (κ1) is 25.1. The number of Topliss-reactive ketones (excluding diaryl/α,β-unsaturated/α-hetero) is 1. The number of fused-ring (bicyclic) bond motifs is 1. The van der Waals surface area contributed by atoms with Gasteiger partial charge < -0.3 is 9.84 Å². The van der Waals surface area contributed by atoms with Crippen LogP contribution in [0.1, 0.15) is 61.6 Å². The van der Waals surface area contributed by atoms with Gasteiger partial charge in [-0.05, 0) is 77.9 Å². The molecule has 3 aromatic rings. The summed E-state index contributed by atoms with van der Waals surface area (Å²) in [5.74, 6) is -0.827. The van der Waals surface area contributed by atoms with Gasteiger partial charge in [0.25, 0.3) is 11.7 Å². The minimum Gasteiger partial charge on any atom is -0.507 e. The number of amides is 1. The Morgan fingerprint density at radius 2 is 1.73 bits per heavy atom. The van der Waals surface area contributed by atoms with Gasteiger partial charge in [-0.1, -0.05) is 56.6 Å². The van der Waals surface area contributed by atoms with Crippen molar-refractivity contribution in [3.63, 3.8) is 0 Å². The zero-order valence-electron chi connectivity index (χ0n) is 21.6. The SMILES string of the molecule is Cc1cc(Cl)ccc1N1C(=O)C(=O)/C(=C(\O)c2ccc3c(c2)CC(C)O3)C1c1ccc(C(C)(C)C)cc1. The number of hydrogen-bond acceptors (Lipinski definition) is 4. The van der Waals surface area contributed by atoms with E-state index in [-0.39, 0.29) is 22.9 Å². The van der Waals surface area contributed by atoms with Crippen molar-refractivity contribution in [2.24, 2.45) is 0 Å². The molecule has 6 heteroatoms. The number of anilines is 1. The topological polar surface area (TPSA) is 66.8 Å². The molecule has 5 rings (SSSR count). The third-order valence-corrected chi connectivity index (χ3v) is 7.36. The molecular weight excluding hydrogens is 486 g/mol. The summed E-state index contributed by atoms with van der Waals surface area (Å²) in [4.78, 5) is 28.5. The predicted octanol–water partition coefficient (Wildman–Crippen LogP) is 6.90. The van der Waals surface area contributed by atoms with Crippen LogP contribution in [0.4, 0.5) is 5.69 Å². The monoisotopic (exact) mass is 515 g/mol. The molecule has 1 N–H and O–H groups in total. The third-order valence-electron chi connectivity index (χ3n) is 7.12. The van der Waals surface area contributed by atoms with E-state index in [0.717, 1.165) is 28.0 Å². The lowest BCUT2D eigenvalue weighted by Gasteiger charge is -2.28. The fourth-order valence-corrected chi connectivity index (χ4v) is 5.40. The zero-order chi connectivity index (χ0) is 26.6. The average molecular weight is 516 g/mol. The van der Waals surface area contributed by atoms with Crippen molar-refractivity contribution in [1.29, 1.82) is 0 Å². The van der Waals surface area contributed by atoms with Crippen LogP contribution in [0, 0.1) is 6.92 Å². The first-order chi connectivity index (χ1) is 17.5. The number of carbonyl (C=O) groups is 2. The number of ether oxygens (including phenoxy) is 1. The Kier molecular flexibility index (Phi) is 6.15. The van der Waals surface area contributed by atoms with Gasteiger partial charge in [-0.2, -0.15) is 0 Å². The van der Waals surface area contributed by atoms with Crippen molar-refractivity contribution in [3.05, 3.63) is 99.1 Å². The van der Waals surface area contributed by atoms with E-state index in [1.165, 1.54) is 4.90 Å². The lowest BCUT2D eigenvalue weighted by atomic mass is 9.85. The van der Waals surface area contributed by atoms with Crippen molar-refractivity contribution in [2.45, 2.75) is 58.6 Å². The molecule has 2 atom stereocenters. The normalized spacial score (nSPS) is 20.8. The number of aryl methyl sites for hydroxylation is 1. The summed E-state index contributed by atoms with van der Waals surface area (Å²) in [7, 11) is 0. The van der Waals surface area contributed by atoms with E-state index in [4.69, 9.17) is 16.3 Å². The number of benzene rings is 3. The molecule has 2 heterocycles. The molecule has 5 nitrogen and oxygen atoms in total. The van der Waals surface area contributed by atoms with Crippen LogP contribution < -0.4 is 9.64 Å². The van der Waals surface area contributed by atoms with E-state index in [1.54, 1.807) is 30.3 Å². The smallest absolute Gasteiger partial charge is 0.300 e. The minimum absolute atomic E-state index is 0.0483. The largest absolute Gasteiger partial charge is 0.507 e. The summed E-state index contributed by atoms with van der Waals surface area (Å²) < 4.78 is 5.79. The molecule has 3 aromatic carbocycles. The van der Waals surface area contributed by atoms with E-state index in [1.807, 2.05) is 44.2 Å². The molecule has 1 fully saturated rings. The van der Waals surface area contributed by atoms with Crippen LogP contribution >= 0.6 is 11.6 Å². The molecule has 1 saturated heterocycles. The standard InChI is InChI=1S/C31H30ClNO4/c1-17-14-23(32)11-12-24(17)33-27(19-6-9-22(10-7-19)31(3,4)5)26(29(35)30(33)36)28(34)20-8-13-25-21(16-20)15-18(2)37-25/h6-14,16,18,27,34H,15H2,1-5H3/b28-26-. The number of halogens is 1. The van der Waals surface area contributed by atoms with E-state index >= 15 is 0 Å². The first-order valence-corrected chi connectivity index (χ1v) is 12.8. The highest BCUT2D eigenvalue weighted by molar-refractivity contribution is 6.51. The highest BCUT2D eigenvalue weighted by Gasteiger charge is 2.47. The number of aliphatic hydroxyl groups is 1. The first-order valence-electron chi connectivity index (χ1n) is 12.4. The maximum atomic E-state index is 13.5. The summed E-state index contributed by atoms with van der Waals surface area (Å²) >= 11 is 6.19. The molecule has 2 unspecified atom stereocenters. The van der Waals surface area contributed by atoms with Crippen molar-refractivity contribution in [3.8, 4) is 5.75 Å². The van der Waals surface area contributed by atoms with Crippen LogP contribution in [0.15, 0.2) is 66.2 Å². The molecule has 0 radical (unpaired) electrons. The van der Waals surface area contributed by atoms with Crippen molar-refractivity contribution in [2.75, 3.05) is 4.90 Å². The van der Waals surface area contributed by atoms with Gasteiger partial charge in [0.15, 0.2) is 0 Å². The highest BCUT2D eigenvalue weighted by Crippen LogP contribution is 2.44. The lowest BCUT2D eigenvalue weighted by Crippen LogP contribution is -2.30. The van der Waals surface area contributed by atoms with Crippen LogP contribution in [-0.4, -0.2) is 22.9 Å². The molecule has 0 aliphatic carbocycles. The van der Waals surface area contributed by atoms with Gasteiger partial charge in [-0.25, -0.2) is 0 Å². The second-order valence-corrected chi connectivity index (χ2v) is 11.4. The van der Waals surface area contributed by atoms with Crippen LogP contribution in [-0.2, 0) is 21.4 Å². The Bertz CT molecular complexity index is 1450. The maximum Gasteiger partial charge on any atom is 0.300 e. The number of rotatable bonds is 3. The number of hydrogen-bond donors (Lipinski definition) is 1. The Labute approximate surface area is 222 Å². The van der Waals surface area contributed by atoms with E-state index in [0.29, 0.717) is 22.7 Å². The van der Waals surface area contributed by atoms with Gasteiger partial charge in [-0.15, -0.1) is 0 Å². The Morgan fingerprint density at radius 1 is 1.03 bits per heavy atom. The number of carbonyl (C=O) groups excluding carboxylic acids is 2. The molecule has 2 aliphatic rings. The third kappa shape index (κ3) is 4.42. The molecule has 1 amide bonds. The molecule has 190 valence electrons. The second-order valence-electron chi connectivity index (χ2n) is 10.9. The molecule has 37 heavy (non-hydrogen) atoms. The minimum atomic E-state index is -0.794. The van der Waals surface area contributed by atoms with Crippen LogP contribution in [0.25, 0.3) is 5.76 Å². The summed E-state index contributed by atoms with van der Waals surface area (Å²) in [5, 5.41) is 12.1. The zero-order valence-corrected chi connectivity index (χ0v) is 22.4. The van der Waals surface area contributed by atoms with E-state index in [9.17, 15) is 14.7 Å². The van der Waals surface area contributed by atoms with Crippen molar-refractivity contribution in [1.82, 2.24) is 0 Å². The van der Waals surface area contributed by atoms with Crippen LogP contribution in [0.3, 0.4) is 0 Å². The molecule has 0 bridgehead atoms. The van der Waals surface area contributed by atoms with Gasteiger partial charge in [0, 0.05) is 22.7 Å². The van der Waals surface area contributed by atoms with E-state index < -0.39 is 17.7 Å². The average Bonchev–Trinajstić information content (AvgIpc) is 3.34. The summed E-state index contributed by atoms with van der Waals surface area (Å²) in [6.45, 7) is 10.2. The summed E-state index contributed by atoms with van der Waals surface area (Å²) in [6.07, 6.45) is 0.763. The van der Waals surface area contributed by atoms with Gasteiger partial charge in [0.1, 0.15) is 17.6 Å². The van der Waals surface area contributed by atoms with Gasteiger partial charge in [0.2, 0.25) is 0 Å². The van der Waals surface area contributed by atoms with Crippen molar-refractivity contribution < 1.29 is 19.4 Å². The fraction of sp³-hybridized carbons (Fsp3) is 0.290. The molecule has 0 aromatic heterocycles. The van der Waals surface area contributed by atoms with Crippen LogP contribution in [0.5, 0.6) is 5.75 Å². The maximum absolute atomic E-state index is 13.5. The Hall–Kier alpha value is -3.57. The number of nitrogens with zero attached hydrogens (tertiary/aromatic N) is 1.